The minimum atomic E-state index is -5.20. The van der Waals surface area contributed by atoms with E-state index in [0.717, 1.165) is 0 Å². The normalized spacial score (nSPS) is 26.1. The van der Waals surface area contributed by atoms with Gasteiger partial charge in [0.15, 0.2) is 0 Å². The second-order valence-corrected chi connectivity index (χ2v) is 12.3. The molecule has 4 rings (SSSR count). The summed E-state index contributed by atoms with van der Waals surface area (Å²) in [4.78, 5) is 52.6. The number of nitrogens with one attached hydrogen (secondary N) is 3. The van der Waals surface area contributed by atoms with Crippen molar-refractivity contribution < 1.29 is 36.7 Å². The lowest BCUT2D eigenvalue weighted by Crippen LogP contribution is -2.61. The van der Waals surface area contributed by atoms with Gasteiger partial charge in [0.2, 0.25) is 17.7 Å². The van der Waals surface area contributed by atoms with Crippen molar-refractivity contribution in [1.29, 1.82) is 5.26 Å². The van der Waals surface area contributed by atoms with Gasteiger partial charge in [-0.3, -0.25) is 19.2 Å². The first-order valence-electron chi connectivity index (χ1n) is 12.9. The second kappa shape index (κ2) is 9.74. The highest BCUT2D eigenvalue weighted by atomic mass is 19.4. The van der Waals surface area contributed by atoms with Crippen molar-refractivity contribution in [3.63, 3.8) is 0 Å². The molecule has 4 amide bonds. The van der Waals surface area contributed by atoms with Gasteiger partial charge in [0, 0.05) is 6.54 Å². The summed E-state index contributed by atoms with van der Waals surface area (Å²) in [6, 6.07) is 2.26. The maximum Gasteiger partial charge on any atom is 0.471 e. The molecule has 3 aliphatic rings. The largest absolute Gasteiger partial charge is 0.471 e. The Morgan fingerprint density at radius 2 is 1.85 bits per heavy atom. The van der Waals surface area contributed by atoms with Gasteiger partial charge in [-0.2, -0.15) is 18.4 Å². The van der Waals surface area contributed by atoms with Crippen LogP contribution in [0.25, 0.3) is 0 Å². The standard InChI is InChI=1S/C27H31F4N5O4/c1-25(2,3)20(35-24(40)27(29,30)31)23(39)36-11-15-17(26(15,4)5)19(36)22(38)33-12(10-32)9-14-13-7-6-8-16(28)18(13)34-21(14)37/h6-8,12,14-15,17,19-20H,9,11H2,1-5H3,(H,33,38)(H,34,37)(H,35,40)/t12-,14?,15-,17-,19-,20?/m0/s1. The second-order valence-electron chi connectivity index (χ2n) is 12.3. The summed E-state index contributed by atoms with van der Waals surface area (Å²) in [7, 11) is 0. The molecule has 1 saturated carbocycles. The number of halogens is 4. The predicted molar refractivity (Wildman–Crippen MR) is 134 cm³/mol. The van der Waals surface area contributed by atoms with Crippen LogP contribution in [0.15, 0.2) is 18.2 Å². The third kappa shape index (κ3) is 5.11. The number of nitriles is 1. The molecule has 216 valence electrons. The summed E-state index contributed by atoms with van der Waals surface area (Å²) < 4.78 is 53.2. The van der Waals surface area contributed by atoms with Crippen molar-refractivity contribution in [1.82, 2.24) is 15.5 Å². The number of piperidine rings is 1. The Bertz CT molecular complexity index is 1300. The van der Waals surface area contributed by atoms with Crippen LogP contribution in [-0.2, 0) is 19.2 Å². The molecule has 1 aliphatic carbocycles. The van der Waals surface area contributed by atoms with Crippen LogP contribution < -0.4 is 16.0 Å². The molecule has 0 bridgehead atoms. The summed E-state index contributed by atoms with van der Waals surface area (Å²) >= 11 is 0. The Balaban J connectivity index is 1.55. The Labute approximate surface area is 228 Å². The Morgan fingerprint density at radius 3 is 2.42 bits per heavy atom. The summed E-state index contributed by atoms with van der Waals surface area (Å²) in [5.41, 5.74) is -1.08. The zero-order chi connectivity index (χ0) is 29.9. The highest BCUT2D eigenvalue weighted by Gasteiger charge is 2.70. The van der Waals surface area contributed by atoms with E-state index in [1.165, 1.54) is 37.8 Å². The smallest absolute Gasteiger partial charge is 0.339 e. The van der Waals surface area contributed by atoms with E-state index < -0.39 is 65.1 Å². The third-order valence-corrected chi connectivity index (χ3v) is 8.34. The van der Waals surface area contributed by atoms with Crippen LogP contribution in [-0.4, -0.2) is 59.4 Å². The predicted octanol–water partition coefficient (Wildman–Crippen LogP) is 2.84. The number of para-hydroxylation sites is 1. The lowest BCUT2D eigenvalue weighted by Gasteiger charge is -2.37. The van der Waals surface area contributed by atoms with Crippen molar-refractivity contribution in [2.24, 2.45) is 22.7 Å². The van der Waals surface area contributed by atoms with E-state index in [1.54, 1.807) is 11.4 Å². The molecule has 2 aliphatic heterocycles. The number of benzene rings is 1. The molecule has 2 heterocycles. The maximum absolute atomic E-state index is 14.1. The Morgan fingerprint density at radius 1 is 1.20 bits per heavy atom. The molecule has 0 spiro atoms. The first-order valence-corrected chi connectivity index (χ1v) is 12.9. The van der Waals surface area contributed by atoms with Crippen LogP contribution >= 0.6 is 0 Å². The molecule has 1 saturated heterocycles. The molecule has 1 aromatic carbocycles. The number of hydrogen-bond acceptors (Lipinski definition) is 5. The van der Waals surface area contributed by atoms with E-state index in [-0.39, 0.29) is 35.9 Å². The van der Waals surface area contributed by atoms with Gasteiger partial charge < -0.3 is 20.9 Å². The number of carbonyl (C=O) groups is 4. The molecule has 13 heteroatoms. The van der Waals surface area contributed by atoms with E-state index in [0.29, 0.717) is 5.56 Å². The lowest BCUT2D eigenvalue weighted by molar-refractivity contribution is -0.176. The number of nitrogens with zero attached hydrogens (tertiary/aromatic N) is 2. The van der Waals surface area contributed by atoms with Gasteiger partial charge >= 0.3 is 12.1 Å². The van der Waals surface area contributed by atoms with Crippen LogP contribution in [0.4, 0.5) is 23.2 Å². The molecular weight excluding hydrogens is 534 g/mol. The van der Waals surface area contributed by atoms with Gasteiger partial charge in [-0.1, -0.05) is 46.8 Å². The first kappa shape index (κ1) is 29.3. The average molecular weight is 566 g/mol. The fraction of sp³-hybridized carbons (Fsp3) is 0.593. The molecule has 0 aromatic heterocycles. The molecule has 2 unspecified atom stereocenters. The Kier molecular flexibility index (Phi) is 7.14. The van der Waals surface area contributed by atoms with Gasteiger partial charge in [0.1, 0.15) is 23.9 Å². The summed E-state index contributed by atoms with van der Waals surface area (Å²) in [5.74, 6) is -6.26. The van der Waals surface area contributed by atoms with Gasteiger partial charge in [-0.15, -0.1) is 0 Å². The van der Waals surface area contributed by atoms with Crippen LogP contribution in [0.1, 0.15) is 52.5 Å². The third-order valence-electron chi connectivity index (χ3n) is 8.34. The number of carbonyl (C=O) groups excluding carboxylic acids is 4. The van der Waals surface area contributed by atoms with Crippen molar-refractivity contribution in [2.75, 3.05) is 11.9 Å². The topological polar surface area (TPSA) is 131 Å². The maximum atomic E-state index is 14.1. The molecule has 6 atom stereocenters. The van der Waals surface area contributed by atoms with Crippen molar-refractivity contribution >= 4 is 29.3 Å². The number of fused-ring (bicyclic) bond motifs is 2. The first-order chi connectivity index (χ1) is 18.4. The van der Waals surface area contributed by atoms with Crippen LogP contribution in [0.5, 0.6) is 0 Å². The van der Waals surface area contributed by atoms with Crippen molar-refractivity contribution in [3.8, 4) is 6.07 Å². The van der Waals surface area contributed by atoms with Gasteiger partial charge in [-0.05, 0) is 40.7 Å². The molecule has 40 heavy (non-hydrogen) atoms. The van der Waals surface area contributed by atoms with Crippen molar-refractivity contribution in [2.45, 2.75) is 71.3 Å². The molecule has 0 radical (unpaired) electrons. The molecule has 9 nitrogen and oxygen atoms in total. The zero-order valence-electron chi connectivity index (χ0n) is 22.6. The van der Waals surface area contributed by atoms with E-state index in [4.69, 9.17) is 0 Å². The summed E-state index contributed by atoms with van der Waals surface area (Å²) in [6.07, 6.45) is -5.36. The quantitative estimate of drug-likeness (QED) is 0.457. The number of rotatable bonds is 6. The van der Waals surface area contributed by atoms with Crippen LogP contribution in [0.2, 0.25) is 0 Å². The molecule has 3 N–H and O–H groups in total. The molecule has 2 fully saturated rings. The number of amides is 4. The highest BCUT2D eigenvalue weighted by Crippen LogP contribution is 2.65. The van der Waals surface area contributed by atoms with Crippen LogP contribution in [0, 0.1) is 39.8 Å². The minimum Gasteiger partial charge on any atom is -0.339 e. The number of likely N-dealkylation sites (tertiary alicyclic amines) is 1. The van der Waals surface area contributed by atoms with E-state index in [1.807, 2.05) is 19.9 Å². The molecular formula is C27H31F4N5O4. The van der Waals surface area contributed by atoms with Gasteiger partial charge in [0.05, 0.1) is 17.7 Å². The fourth-order valence-electron chi connectivity index (χ4n) is 6.03. The average Bonchev–Trinajstić information content (AvgIpc) is 3.16. The lowest BCUT2D eigenvalue weighted by atomic mass is 9.85. The molecule has 1 aromatic rings. The summed E-state index contributed by atoms with van der Waals surface area (Å²) in [5, 5.41) is 16.6. The summed E-state index contributed by atoms with van der Waals surface area (Å²) in [6.45, 7) is 8.42. The Hall–Kier alpha value is -3.69. The number of hydrogen-bond donors (Lipinski definition) is 3. The van der Waals surface area contributed by atoms with Gasteiger partial charge in [0.25, 0.3) is 0 Å². The van der Waals surface area contributed by atoms with Crippen LogP contribution in [0.3, 0.4) is 0 Å². The van der Waals surface area contributed by atoms with E-state index >= 15 is 0 Å². The zero-order valence-corrected chi connectivity index (χ0v) is 22.6. The minimum absolute atomic E-state index is 0.0183. The number of anilines is 1. The highest BCUT2D eigenvalue weighted by molar-refractivity contribution is 6.03. The fourth-order valence-corrected chi connectivity index (χ4v) is 6.03. The monoisotopic (exact) mass is 565 g/mol. The van der Waals surface area contributed by atoms with E-state index in [2.05, 4.69) is 10.6 Å². The van der Waals surface area contributed by atoms with Gasteiger partial charge in [-0.25, -0.2) is 4.39 Å². The van der Waals surface area contributed by atoms with E-state index in [9.17, 15) is 42.0 Å². The van der Waals surface area contributed by atoms with Crippen molar-refractivity contribution in [3.05, 3.63) is 29.6 Å². The number of alkyl halides is 3. The SMILES string of the molecule is CC(C)(C)C(NC(=O)C(F)(F)F)C(=O)N1C[C@H]2[C@@H]([C@H]1C(=O)N[C@H](C#N)CC1C(=O)Nc3c(F)cccc31)C2(C)C.